The summed E-state index contributed by atoms with van der Waals surface area (Å²) < 4.78 is 0. The number of carbonyl (C=O) groups excluding carboxylic acids is 1. The third-order valence-electron chi connectivity index (χ3n) is 5.87. The average molecular weight is 386 g/mol. The van der Waals surface area contributed by atoms with Crippen LogP contribution in [0.15, 0.2) is 36.7 Å². The number of anilines is 2. The van der Waals surface area contributed by atoms with Crippen LogP contribution in [0.4, 0.5) is 11.5 Å². The lowest BCUT2D eigenvalue weighted by Crippen LogP contribution is -2.51. The molecule has 0 saturated carbocycles. The molecular formula is C20H24ClN5O. The van der Waals surface area contributed by atoms with Crippen LogP contribution in [0.3, 0.4) is 0 Å². The largest absolute Gasteiger partial charge is 0.383 e. The molecule has 1 amide bonds. The molecule has 2 unspecified atom stereocenters. The molecule has 6 nitrogen and oxygen atoms in total. The van der Waals surface area contributed by atoms with Gasteiger partial charge in [-0.15, -0.1) is 0 Å². The number of fused-ring (bicyclic) bond motifs is 2. The molecule has 0 radical (unpaired) electrons. The van der Waals surface area contributed by atoms with Gasteiger partial charge >= 0.3 is 0 Å². The maximum absolute atomic E-state index is 12.8. The van der Waals surface area contributed by atoms with Crippen molar-refractivity contribution >= 4 is 29.0 Å². The van der Waals surface area contributed by atoms with Gasteiger partial charge in [-0.05, 0) is 37.8 Å². The molecule has 2 aliphatic heterocycles. The first-order valence-corrected chi connectivity index (χ1v) is 9.76. The molecule has 7 heteroatoms. The number of carbonyl (C=O) groups is 1. The van der Waals surface area contributed by atoms with Crippen molar-refractivity contribution in [3.05, 3.63) is 47.4 Å². The van der Waals surface area contributed by atoms with Crippen molar-refractivity contribution in [3.63, 3.8) is 0 Å². The fourth-order valence-electron chi connectivity index (χ4n) is 4.53. The summed E-state index contributed by atoms with van der Waals surface area (Å²) in [6.07, 6.45) is 5.63. The van der Waals surface area contributed by atoms with Crippen LogP contribution in [0.2, 0.25) is 5.15 Å². The molecule has 27 heavy (non-hydrogen) atoms. The SMILES string of the molecule is CNc1c(Cl)ncnc1N1C2CCC1CC(N(C)C(=O)c1ccccc1)C2. The van der Waals surface area contributed by atoms with Crippen molar-refractivity contribution in [2.75, 3.05) is 24.3 Å². The van der Waals surface area contributed by atoms with Crippen LogP contribution in [0.5, 0.6) is 0 Å². The van der Waals surface area contributed by atoms with Gasteiger partial charge in [-0.25, -0.2) is 9.97 Å². The summed E-state index contributed by atoms with van der Waals surface area (Å²) in [5.41, 5.74) is 1.53. The van der Waals surface area contributed by atoms with Gasteiger partial charge in [-0.1, -0.05) is 29.8 Å². The van der Waals surface area contributed by atoms with E-state index in [4.69, 9.17) is 11.6 Å². The standard InChI is InChI=1S/C20H24ClN5O/c1-22-17-18(21)23-12-24-19(17)26-14-8-9-15(26)11-16(10-14)25(2)20(27)13-6-4-3-5-7-13/h3-7,12,14-16,22H,8-11H2,1-2H3. The zero-order valence-electron chi connectivity index (χ0n) is 15.6. The molecule has 2 saturated heterocycles. The molecule has 2 fully saturated rings. The molecule has 2 bridgehead atoms. The minimum atomic E-state index is 0.0921. The molecule has 1 aromatic heterocycles. The van der Waals surface area contributed by atoms with Crippen LogP contribution >= 0.6 is 11.6 Å². The van der Waals surface area contributed by atoms with E-state index in [-0.39, 0.29) is 11.9 Å². The van der Waals surface area contributed by atoms with Crippen LogP contribution in [-0.4, -0.2) is 53.0 Å². The second kappa shape index (κ2) is 7.35. The highest BCUT2D eigenvalue weighted by Gasteiger charge is 2.44. The summed E-state index contributed by atoms with van der Waals surface area (Å²) in [5.74, 6) is 0.968. The molecule has 2 atom stereocenters. The summed E-state index contributed by atoms with van der Waals surface area (Å²) in [7, 11) is 3.77. The van der Waals surface area contributed by atoms with E-state index in [9.17, 15) is 4.79 Å². The molecule has 4 rings (SSSR count). The molecule has 142 valence electrons. The Labute approximate surface area is 164 Å². The molecular weight excluding hydrogens is 362 g/mol. The zero-order chi connectivity index (χ0) is 19.0. The summed E-state index contributed by atoms with van der Waals surface area (Å²) in [6.45, 7) is 0. The molecule has 2 aromatic rings. The van der Waals surface area contributed by atoms with Gasteiger partial charge in [-0.3, -0.25) is 4.79 Å². The van der Waals surface area contributed by atoms with Gasteiger partial charge in [0.25, 0.3) is 5.91 Å². The van der Waals surface area contributed by atoms with Crippen molar-refractivity contribution in [1.82, 2.24) is 14.9 Å². The summed E-state index contributed by atoms with van der Waals surface area (Å²) in [5, 5.41) is 3.59. The molecule has 1 N–H and O–H groups in total. The van der Waals surface area contributed by atoms with Gasteiger partial charge in [0.1, 0.15) is 12.0 Å². The topological polar surface area (TPSA) is 61.4 Å². The molecule has 2 aliphatic rings. The van der Waals surface area contributed by atoms with E-state index in [0.717, 1.165) is 42.8 Å². The number of aromatic nitrogens is 2. The Kier molecular flexibility index (Phi) is 4.91. The van der Waals surface area contributed by atoms with Gasteiger partial charge in [0.05, 0.1) is 0 Å². The Morgan fingerprint density at radius 3 is 2.48 bits per heavy atom. The molecule has 3 heterocycles. The number of rotatable bonds is 4. The fraction of sp³-hybridized carbons (Fsp3) is 0.450. The first-order chi connectivity index (χ1) is 13.1. The highest BCUT2D eigenvalue weighted by Crippen LogP contribution is 2.43. The lowest BCUT2D eigenvalue weighted by Gasteiger charge is -2.43. The second-order valence-corrected chi connectivity index (χ2v) is 7.67. The highest BCUT2D eigenvalue weighted by molar-refractivity contribution is 6.32. The van der Waals surface area contributed by atoms with Crippen molar-refractivity contribution < 1.29 is 4.79 Å². The van der Waals surface area contributed by atoms with E-state index in [0.29, 0.717) is 17.2 Å². The van der Waals surface area contributed by atoms with E-state index < -0.39 is 0 Å². The van der Waals surface area contributed by atoms with E-state index in [1.54, 1.807) is 0 Å². The van der Waals surface area contributed by atoms with Crippen molar-refractivity contribution in [3.8, 4) is 0 Å². The van der Waals surface area contributed by atoms with Crippen LogP contribution in [0.1, 0.15) is 36.0 Å². The number of piperidine rings is 1. The Morgan fingerprint density at radius 1 is 1.19 bits per heavy atom. The van der Waals surface area contributed by atoms with Crippen LogP contribution in [0.25, 0.3) is 0 Å². The maximum atomic E-state index is 12.8. The first kappa shape index (κ1) is 18.0. The van der Waals surface area contributed by atoms with E-state index in [1.807, 2.05) is 49.3 Å². The minimum Gasteiger partial charge on any atom is -0.383 e. The van der Waals surface area contributed by atoms with Crippen molar-refractivity contribution in [1.29, 1.82) is 0 Å². The normalized spacial score (nSPS) is 24.0. The van der Waals surface area contributed by atoms with Crippen molar-refractivity contribution in [2.45, 2.75) is 43.8 Å². The van der Waals surface area contributed by atoms with E-state index >= 15 is 0 Å². The zero-order valence-corrected chi connectivity index (χ0v) is 16.4. The Hall–Kier alpha value is -2.34. The van der Waals surface area contributed by atoms with Gasteiger partial charge in [0, 0.05) is 37.8 Å². The molecule has 0 spiro atoms. The molecule has 1 aromatic carbocycles. The summed E-state index contributed by atoms with van der Waals surface area (Å²) in [6, 6.07) is 10.5. The fourth-order valence-corrected chi connectivity index (χ4v) is 4.75. The number of nitrogens with one attached hydrogen (secondary N) is 1. The highest BCUT2D eigenvalue weighted by atomic mass is 35.5. The minimum absolute atomic E-state index is 0.0921. The Bertz CT molecular complexity index is 816. The van der Waals surface area contributed by atoms with E-state index in [1.165, 1.54) is 6.33 Å². The number of hydrogen-bond acceptors (Lipinski definition) is 5. The Morgan fingerprint density at radius 2 is 1.85 bits per heavy atom. The predicted octanol–water partition coefficient (Wildman–Crippen LogP) is 3.44. The van der Waals surface area contributed by atoms with Gasteiger partial charge in [0.2, 0.25) is 0 Å². The lowest BCUT2D eigenvalue weighted by molar-refractivity contribution is 0.0693. The van der Waals surface area contributed by atoms with Crippen LogP contribution in [-0.2, 0) is 0 Å². The molecule has 0 aliphatic carbocycles. The number of nitrogens with zero attached hydrogens (tertiary/aromatic N) is 4. The second-order valence-electron chi connectivity index (χ2n) is 7.31. The Balaban J connectivity index is 1.54. The number of benzene rings is 1. The predicted molar refractivity (Wildman–Crippen MR) is 107 cm³/mol. The number of amides is 1. The van der Waals surface area contributed by atoms with Crippen LogP contribution < -0.4 is 10.2 Å². The quantitative estimate of drug-likeness (QED) is 0.817. The smallest absolute Gasteiger partial charge is 0.253 e. The van der Waals surface area contributed by atoms with Gasteiger partial charge < -0.3 is 15.1 Å². The third kappa shape index (κ3) is 3.23. The van der Waals surface area contributed by atoms with E-state index in [2.05, 4.69) is 20.2 Å². The van der Waals surface area contributed by atoms with Gasteiger partial charge in [-0.2, -0.15) is 0 Å². The number of halogens is 1. The first-order valence-electron chi connectivity index (χ1n) is 9.39. The lowest BCUT2D eigenvalue weighted by atomic mass is 9.95. The number of hydrogen-bond donors (Lipinski definition) is 1. The third-order valence-corrected chi connectivity index (χ3v) is 6.16. The average Bonchev–Trinajstić information content (AvgIpc) is 2.96. The van der Waals surface area contributed by atoms with Crippen molar-refractivity contribution in [2.24, 2.45) is 0 Å². The summed E-state index contributed by atoms with van der Waals surface area (Å²) >= 11 is 6.26. The summed E-state index contributed by atoms with van der Waals surface area (Å²) in [4.78, 5) is 25.7. The van der Waals surface area contributed by atoms with Gasteiger partial charge in [0.15, 0.2) is 11.0 Å². The van der Waals surface area contributed by atoms with Crippen LogP contribution in [0, 0.1) is 0 Å². The monoisotopic (exact) mass is 385 g/mol. The maximum Gasteiger partial charge on any atom is 0.253 e.